The highest BCUT2D eigenvalue weighted by atomic mass is 79.9. The summed E-state index contributed by atoms with van der Waals surface area (Å²) >= 11 is 11.4. The van der Waals surface area contributed by atoms with Gasteiger partial charge in [0.25, 0.3) is 5.56 Å². The number of nitrogens with zero attached hydrogens (tertiary/aromatic N) is 2. The number of esters is 1. The number of hydrogen-bond donors (Lipinski definition) is 0. The molecule has 1 aliphatic rings. The summed E-state index contributed by atoms with van der Waals surface area (Å²) in [5, 5.41) is 2.68. The van der Waals surface area contributed by atoms with Gasteiger partial charge in [0.15, 0.2) is 16.3 Å². The molecule has 0 unspecified atom stereocenters. The minimum absolute atomic E-state index is 0.0814. The number of benzene rings is 4. The van der Waals surface area contributed by atoms with Crippen molar-refractivity contribution >= 4 is 61.7 Å². The molecule has 1 atom stereocenters. The fraction of sp³-hybridized carbons (Fsp3) is 0.237. The second-order valence-corrected chi connectivity index (χ2v) is 13.9. The number of rotatable bonds is 10. The van der Waals surface area contributed by atoms with Crippen LogP contribution in [-0.4, -0.2) is 30.4 Å². The van der Waals surface area contributed by atoms with Crippen molar-refractivity contribution in [3.63, 3.8) is 0 Å². The number of hydrogen-bond acceptors (Lipinski definition) is 8. The Hall–Kier alpha value is -4.38. The molecule has 49 heavy (non-hydrogen) atoms. The molecular weight excluding hydrogens is 728 g/mol. The topological polar surface area (TPSA) is 88.4 Å². The van der Waals surface area contributed by atoms with Crippen LogP contribution < -0.4 is 29.1 Å². The third-order valence-electron chi connectivity index (χ3n) is 7.96. The third kappa shape index (κ3) is 7.04. The zero-order chi connectivity index (χ0) is 34.8. The first kappa shape index (κ1) is 34.5. The van der Waals surface area contributed by atoms with Crippen LogP contribution in [0.1, 0.15) is 50.4 Å². The normalized spacial score (nSPS) is 14.5. The number of carbonyl (C=O) groups excluding carboxylic acids is 1. The molecule has 0 radical (unpaired) electrons. The second-order valence-electron chi connectivity index (χ2n) is 11.6. The highest BCUT2D eigenvalue weighted by Gasteiger charge is 2.34. The first-order valence-electron chi connectivity index (χ1n) is 15.7. The molecule has 2 heterocycles. The molecule has 5 aromatic rings. The predicted molar refractivity (Wildman–Crippen MR) is 197 cm³/mol. The van der Waals surface area contributed by atoms with Crippen LogP contribution in [0.2, 0.25) is 5.02 Å². The Balaban J connectivity index is 1.48. The van der Waals surface area contributed by atoms with Crippen molar-refractivity contribution < 1.29 is 23.7 Å². The molecule has 0 N–H and O–H groups in total. The summed E-state index contributed by atoms with van der Waals surface area (Å²) in [5.41, 5.74) is 2.67. The molecule has 11 heteroatoms. The van der Waals surface area contributed by atoms with E-state index in [4.69, 9.17) is 35.5 Å². The van der Waals surface area contributed by atoms with Crippen LogP contribution in [0.15, 0.2) is 98.3 Å². The van der Waals surface area contributed by atoms with E-state index in [0.717, 1.165) is 16.3 Å². The first-order valence-corrected chi connectivity index (χ1v) is 17.7. The molecule has 0 spiro atoms. The van der Waals surface area contributed by atoms with Gasteiger partial charge in [-0.05, 0) is 95.9 Å². The Labute approximate surface area is 301 Å². The lowest BCUT2D eigenvalue weighted by molar-refractivity contribution is -0.139. The SMILES string of the molecule is CCOC(=O)C1=C(C)N=c2s/c(=C/c3cc(Cl)cc(Br)c3OCc3cccc4ccccc34)c(=O)n2[C@H]1c1ccc(OC(C)C)c(OC)c1. The van der Waals surface area contributed by atoms with E-state index in [1.54, 1.807) is 51.3 Å². The molecule has 0 bridgehead atoms. The van der Waals surface area contributed by atoms with E-state index in [1.807, 2.05) is 44.2 Å². The van der Waals surface area contributed by atoms with Gasteiger partial charge >= 0.3 is 5.97 Å². The van der Waals surface area contributed by atoms with Crippen molar-refractivity contribution in [1.82, 2.24) is 4.57 Å². The molecule has 6 rings (SSSR count). The molecule has 0 aliphatic carbocycles. The average molecular weight is 762 g/mol. The summed E-state index contributed by atoms with van der Waals surface area (Å²) in [5.74, 6) is 1.01. The van der Waals surface area contributed by atoms with Crippen molar-refractivity contribution in [2.75, 3.05) is 13.7 Å². The molecule has 0 saturated heterocycles. The van der Waals surface area contributed by atoms with Gasteiger partial charge in [0.1, 0.15) is 12.4 Å². The molecule has 4 aromatic carbocycles. The van der Waals surface area contributed by atoms with E-state index >= 15 is 0 Å². The largest absolute Gasteiger partial charge is 0.493 e. The molecule has 0 fully saturated rings. The van der Waals surface area contributed by atoms with Crippen LogP contribution in [0.4, 0.5) is 0 Å². The van der Waals surface area contributed by atoms with E-state index in [2.05, 4.69) is 34.1 Å². The number of carbonyl (C=O) groups is 1. The molecule has 0 amide bonds. The minimum atomic E-state index is -0.826. The van der Waals surface area contributed by atoms with Crippen LogP contribution >= 0.6 is 38.9 Å². The highest BCUT2D eigenvalue weighted by molar-refractivity contribution is 9.10. The van der Waals surface area contributed by atoms with Gasteiger partial charge in [-0.1, -0.05) is 71.5 Å². The maximum absolute atomic E-state index is 14.4. The molecule has 252 valence electrons. The zero-order valence-corrected chi connectivity index (χ0v) is 30.7. The number of halogens is 2. The summed E-state index contributed by atoms with van der Waals surface area (Å²) in [6.45, 7) is 7.80. The Bertz CT molecular complexity index is 2290. The summed E-state index contributed by atoms with van der Waals surface area (Å²) < 4.78 is 26.0. The fourth-order valence-electron chi connectivity index (χ4n) is 5.86. The van der Waals surface area contributed by atoms with Gasteiger partial charge < -0.3 is 18.9 Å². The van der Waals surface area contributed by atoms with Gasteiger partial charge in [-0.2, -0.15) is 0 Å². The quantitative estimate of drug-likeness (QED) is 0.135. The molecule has 1 aliphatic heterocycles. The predicted octanol–water partition coefficient (Wildman–Crippen LogP) is 7.74. The van der Waals surface area contributed by atoms with Crippen LogP contribution in [0.3, 0.4) is 0 Å². The maximum Gasteiger partial charge on any atom is 0.338 e. The van der Waals surface area contributed by atoms with Crippen LogP contribution in [-0.2, 0) is 16.1 Å². The van der Waals surface area contributed by atoms with Gasteiger partial charge in [0, 0.05) is 10.6 Å². The summed E-state index contributed by atoms with van der Waals surface area (Å²) in [6.07, 6.45) is 1.67. The lowest BCUT2D eigenvalue weighted by Crippen LogP contribution is -2.40. The van der Waals surface area contributed by atoms with Crippen molar-refractivity contribution in [2.45, 2.75) is 46.4 Å². The Morgan fingerprint density at radius 3 is 2.61 bits per heavy atom. The second kappa shape index (κ2) is 14.6. The third-order valence-corrected chi connectivity index (χ3v) is 9.75. The number of methoxy groups -OCH3 is 1. The Morgan fingerprint density at radius 2 is 1.86 bits per heavy atom. The lowest BCUT2D eigenvalue weighted by atomic mass is 9.95. The van der Waals surface area contributed by atoms with E-state index in [-0.39, 0.29) is 23.8 Å². The summed E-state index contributed by atoms with van der Waals surface area (Å²) in [6, 6.07) is 22.3. The minimum Gasteiger partial charge on any atom is -0.493 e. The van der Waals surface area contributed by atoms with E-state index in [9.17, 15) is 9.59 Å². The standard InChI is InChI=1S/C38H34BrClN2O6S/c1-6-46-37(44)33-22(4)41-38-42(34(33)24-14-15-30(48-21(2)3)31(17-24)45-5)36(43)32(49-38)18-26-16-27(40)19-29(39)35(26)47-20-25-12-9-11-23-10-7-8-13-28(23)25/h7-19,21,34H,6,20H2,1-5H3/b32-18+/t34-/m0/s1. The van der Waals surface area contributed by atoms with Crippen LogP contribution in [0, 0.1) is 0 Å². The molecular formula is C38H34BrClN2O6S. The van der Waals surface area contributed by atoms with Crippen molar-refractivity contribution in [2.24, 2.45) is 4.99 Å². The van der Waals surface area contributed by atoms with Gasteiger partial charge in [-0.15, -0.1) is 0 Å². The molecule has 8 nitrogen and oxygen atoms in total. The van der Waals surface area contributed by atoms with Crippen molar-refractivity contribution in [3.8, 4) is 17.2 Å². The van der Waals surface area contributed by atoms with Crippen LogP contribution in [0.5, 0.6) is 17.2 Å². The fourth-order valence-corrected chi connectivity index (χ4v) is 7.85. The van der Waals surface area contributed by atoms with Crippen molar-refractivity contribution in [3.05, 3.63) is 130 Å². The summed E-state index contributed by atoms with van der Waals surface area (Å²) in [4.78, 5) is 32.9. The number of fused-ring (bicyclic) bond motifs is 2. The van der Waals surface area contributed by atoms with E-state index < -0.39 is 12.0 Å². The number of allylic oxidation sites excluding steroid dienone is 1. The highest BCUT2D eigenvalue weighted by Crippen LogP contribution is 2.37. The van der Waals surface area contributed by atoms with Gasteiger partial charge in [0.2, 0.25) is 0 Å². The van der Waals surface area contributed by atoms with Gasteiger partial charge in [-0.3, -0.25) is 9.36 Å². The van der Waals surface area contributed by atoms with Gasteiger partial charge in [0.05, 0.1) is 46.1 Å². The first-order chi connectivity index (χ1) is 23.6. The Morgan fingerprint density at radius 1 is 1.08 bits per heavy atom. The average Bonchev–Trinajstić information content (AvgIpc) is 3.37. The maximum atomic E-state index is 14.4. The number of thiazole rings is 1. The van der Waals surface area contributed by atoms with Crippen molar-refractivity contribution in [1.29, 1.82) is 0 Å². The smallest absolute Gasteiger partial charge is 0.338 e. The van der Waals surface area contributed by atoms with E-state index in [0.29, 0.717) is 59.5 Å². The van der Waals surface area contributed by atoms with Crippen LogP contribution in [0.25, 0.3) is 16.8 Å². The molecule has 1 aromatic heterocycles. The lowest BCUT2D eigenvalue weighted by Gasteiger charge is -2.25. The Kier molecular flexibility index (Phi) is 10.3. The van der Waals surface area contributed by atoms with E-state index in [1.165, 1.54) is 15.9 Å². The van der Waals surface area contributed by atoms with Gasteiger partial charge in [-0.25, -0.2) is 9.79 Å². The number of ether oxygens (including phenoxy) is 4. The number of aromatic nitrogens is 1. The summed E-state index contributed by atoms with van der Waals surface area (Å²) in [7, 11) is 1.55. The molecule has 0 saturated carbocycles. The monoisotopic (exact) mass is 760 g/mol. The zero-order valence-electron chi connectivity index (χ0n) is 27.6.